The van der Waals surface area contributed by atoms with E-state index in [2.05, 4.69) is 58.3 Å². The molecule has 0 aliphatic rings. The quantitative estimate of drug-likeness (QED) is 0.182. The number of rotatable bonds is 8. The van der Waals surface area contributed by atoms with Crippen LogP contribution in [0.25, 0.3) is 22.8 Å². The van der Waals surface area contributed by atoms with Crippen LogP contribution >= 0.6 is 0 Å². The molecule has 3 aromatic rings. The topological polar surface area (TPSA) is 83.9 Å². The normalized spacial score (nSPS) is 10.5. The number of hydrogen-bond donors (Lipinski definition) is 4. The number of aromatic amines is 1. The molecule has 0 radical (unpaired) electrons. The summed E-state index contributed by atoms with van der Waals surface area (Å²) in [5.41, 5.74) is 7.07. The van der Waals surface area contributed by atoms with Crippen molar-refractivity contribution in [1.29, 1.82) is 0 Å². The number of fused-ring (bicyclic) bond motifs is 1. The van der Waals surface area contributed by atoms with Crippen molar-refractivity contribution in [3.05, 3.63) is 83.5 Å². The third-order valence-electron chi connectivity index (χ3n) is 4.20. The maximum atomic E-state index is 8.73. The first kappa shape index (κ1) is 24.1. The summed E-state index contributed by atoms with van der Waals surface area (Å²) in [7, 11) is 0. The standard InChI is InChI=1S/C19H20N2O.C3H9N2.W/c22-12-10-15-5-7-16(8-6-15)13-20-11-9-17-14-21-19-4-2-1-3-18(17)19;1-2-3-5-4;/h1-8,10,12,14,20-22H,9,11,13H2;4-5H,2-3H2,1H3;/q;-1;/b12-10+;;. The van der Waals surface area contributed by atoms with Gasteiger partial charge in [0, 0.05) is 44.7 Å². The SMILES string of the molecule is CCCN[NH-].O/C=C/c1ccc(CNCCc2c[nH]c3ccccc23)cc1.[W]. The van der Waals surface area contributed by atoms with Crippen molar-refractivity contribution in [1.82, 2.24) is 15.7 Å². The number of aliphatic hydroxyl groups is 1. The number of aromatic nitrogens is 1. The Labute approximate surface area is 181 Å². The molecule has 6 heteroatoms. The fourth-order valence-electron chi connectivity index (χ4n) is 2.75. The Bertz CT molecular complexity index is 813. The van der Waals surface area contributed by atoms with Crippen LogP contribution in [0.2, 0.25) is 0 Å². The van der Waals surface area contributed by atoms with Crippen molar-refractivity contribution in [3.8, 4) is 0 Å². The monoisotopic (exact) mass is 549 g/mol. The maximum Gasteiger partial charge on any atom is 0.0797 e. The first-order chi connectivity index (χ1) is 13.3. The molecule has 0 spiro atoms. The van der Waals surface area contributed by atoms with Gasteiger partial charge in [0.15, 0.2) is 0 Å². The van der Waals surface area contributed by atoms with Gasteiger partial charge in [-0.05, 0) is 54.8 Å². The van der Waals surface area contributed by atoms with Crippen molar-refractivity contribution < 1.29 is 26.2 Å². The Morgan fingerprint density at radius 1 is 1.07 bits per heavy atom. The first-order valence-corrected chi connectivity index (χ1v) is 9.33. The summed E-state index contributed by atoms with van der Waals surface area (Å²) in [4.78, 5) is 3.31. The Kier molecular flexibility index (Phi) is 12.2. The van der Waals surface area contributed by atoms with Gasteiger partial charge < -0.3 is 26.7 Å². The first-order valence-electron chi connectivity index (χ1n) is 9.33. The van der Waals surface area contributed by atoms with Crippen molar-refractivity contribution in [2.45, 2.75) is 26.3 Å². The van der Waals surface area contributed by atoms with Crippen LogP contribution in [-0.2, 0) is 34.0 Å². The predicted molar refractivity (Wildman–Crippen MR) is 114 cm³/mol. The second kappa shape index (κ2) is 14.1. The predicted octanol–water partition coefficient (Wildman–Crippen LogP) is 4.98. The second-order valence-electron chi connectivity index (χ2n) is 6.27. The van der Waals surface area contributed by atoms with E-state index in [9.17, 15) is 0 Å². The van der Waals surface area contributed by atoms with Gasteiger partial charge >= 0.3 is 0 Å². The van der Waals surface area contributed by atoms with E-state index >= 15 is 0 Å². The minimum absolute atomic E-state index is 0. The molecule has 1 aromatic heterocycles. The van der Waals surface area contributed by atoms with Gasteiger partial charge in [-0.25, -0.2) is 0 Å². The zero-order chi connectivity index (χ0) is 19.3. The van der Waals surface area contributed by atoms with Gasteiger partial charge in [0.1, 0.15) is 0 Å². The summed E-state index contributed by atoms with van der Waals surface area (Å²) < 4.78 is 0. The second-order valence-corrected chi connectivity index (χ2v) is 6.27. The molecule has 0 amide bonds. The van der Waals surface area contributed by atoms with Gasteiger partial charge in [0.25, 0.3) is 0 Å². The van der Waals surface area contributed by atoms with Gasteiger partial charge in [0.05, 0.1) is 6.26 Å². The molecular weight excluding hydrogens is 520 g/mol. The molecule has 150 valence electrons. The fourth-order valence-corrected chi connectivity index (χ4v) is 2.75. The molecule has 5 N–H and O–H groups in total. The molecule has 0 unspecified atom stereocenters. The third kappa shape index (κ3) is 7.99. The summed E-state index contributed by atoms with van der Waals surface area (Å²) in [6.45, 7) is 4.63. The summed E-state index contributed by atoms with van der Waals surface area (Å²) >= 11 is 0. The van der Waals surface area contributed by atoms with Crippen LogP contribution in [-0.4, -0.2) is 23.2 Å². The van der Waals surface area contributed by atoms with Crippen LogP contribution in [0, 0.1) is 0 Å². The smallest absolute Gasteiger partial charge is 0.0797 e. The number of aliphatic hydroxyl groups excluding tert-OH is 1. The van der Waals surface area contributed by atoms with Crippen LogP contribution in [0.5, 0.6) is 0 Å². The number of H-pyrrole nitrogens is 1. The van der Waals surface area contributed by atoms with Crippen molar-refractivity contribution >= 4 is 17.0 Å². The summed E-state index contributed by atoms with van der Waals surface area (Å²) in [5.74, 6) is 6.35. The maximum absolute atomic E-state index is 8.73. The van der Waals surface area contributed by atoms with Crippen LogP contribution in [0.4, 0.5) is 0 Å². The van der Waals surface area contributed by atoms with E-state index in [1.165, 1.54) is 22.0 Å². The van der Waals surface area contributed by atoms with Crippen LogP contribution in [0.3, 0.4) is 0 Å². The molecular formula is C22H29N4OW-. The van der Waals surface area contributed by atoms with Gasteiger partial charge in [-0.2, -0.15) is 0 Å². The largest absolute Gasteiger partial charge is 0.613 e. The van der Waals surface area contributed by atoms with Crippen LogP contribution < -0.4 is 10.7 Å². The average Bonchev–Trinajstić information content (AvgIpc) is 3.11. The molecule has 0 saturated heterocycles. The van der Waals surface area contributed by atoms with Gasteiger partial charge in [-0.1, -0.05) is 49.4 Å². The number of nitrogens with one attached hydrogen (secondary N) is 4. The van der Waals surface area contributed by atoms with Crippen LogP contribution in [0.1, 0.15) is 30.0 Å². The molecule has 28 heavy (non-hydrogen) atoms. The third-order valence-corrected chi connectivity index (χ3v) is 4.20. The number of para-hydroxylation sites is 1. The van der Waals surface area contributed by atoms with Crippen molar-refractivity contribution in [2.75, 3.05) is 13.1 Å². The van der Waals surface area contributed by atoms with E-state index in [4.69, 9.17) is 10.9 Å². The Morgan fingerprint density at radius 2 is 1.82 bits per heavy atom. The summed E-state index contributed by atoms with van der Waals surface area (Å²) in [5, 5.41) is 13.5. The molecule has 2 aromatic carbocycles. The average molecular weight is 549 g/mol. The minimum atomic E-state index is 0. The van der Waals surface area contributed by atoms with E-state index in [1.54, 1.807) is 6.08 Å². The molecule has 0 fully saturated rings. The zero-order valence-corrected chi connectivity index (χ0v) is 19.2. The van der Waals surface area contributed by atoms with E-state index in [0.717, 1.165) is 44.3 Å². The Morgan fingerprint density at radius 3 is 2.46 bits per heavy atom. The Balaban J connectivity index is 0.000000584. The molecule has 0 saturated carbocycles. The molecule has 5 nitrogen and oxygen atoms in total. The molecule has 0 aliphatic carbocycles. The number of benzene rings is 2. The summed E-state index contributed by atoms with van der Waals surface area (Å²) in [6, 6.07) is 16.6. The van der Waals surface area contributed by atoms with E-state index in [0.29, 0.717) is 0 Å². The molecule has 0 atom stereocenters. The van der Waals surface area contributed by atoms with E-state index < -0.39 is 0 Å². The minimum Gasteiger partial charge on any atom is -0.613 e. The van der Waals surface area contributed by atoms with Crippen LogP contribution in [0.15, 0.2) is 61.0 Å². The van der Waals surface area contributed by atoms with E-state index in [-0.39, 0.29) is 21.1 Å². The fraction of sp³-hybridized carbons (Fsp3) is 0.273. The zero-order valence-electron chi connectivity index (χ0n) is 16.2. The Hall–Kier alpha value is -1.91. The molecule has 0 aliphatic heterocycles. The number of hydrogen-bond acceptors (Lipinski definition) is 3. The van der Waals surface area contributed by atoms with Crippen molar-refractivity contribution in [3.63, 3.8) is 0 Å². The van der Waals surface area contributed by atoms with E-state index in [1.807, 2.05) is 19.1 Å². The van der Waals surface area contributed by atoms with Gasteiger partial charge in [-0.15, -0.1) is 0 Å². The van der Waals surface area contributed by atoms with Gasteiger partial charge in [0.2, 0.25) is 0 Å². The molecule has 0 bridgehead atoms. The summed E-state index contributed by atoms with van der Waals surface area (Å²) in [6.07, 6.45) is 6.89. The molecule has 3 rings (SSSR count). The van der Waals surface area contributed by atoms with Crippen molar-refractivity contribution in [2.24, 2.45) is 0 Å². The van der Waals surface area contributed by atoms with Gasteiger partial charge in [-0.3, -0.25) is 0 Å². The molecule has 1 heterocycles.